The Balaban J connectivity index is 1.32. The monoisotopic (exact) mass is 390 g/mol. The van der Waals surface area contributed by atoms with Gasteiger partial charge in [-0.15, -0.1) is 0 Å². The molecule has 0 atom stereocenters. The van der Waals surface area contributed by atoms with E-state index in [9.17, 15) is 0 Å². The molecule has 0 amide bonds. The van der Waals surface area contributed by atoms with Crippen LogP contribution in [-0.2, 0) is 6.42 Å². The zero-order chi connectivity index (χ0) is 18.2. The van der Waals surface area contributed by atoms with Crippen molar-refractivity contribution in [2.75, 3.05) is 0 Å². The van der Waals surface area contributed by atoms with Crippen LogP contribution in [0.4, 0.5) is 0 Å². The fourth-order valence-corrected chi connectivity index (χ4v) is 9.26. The topological polar surface area (TPSA) is 0 Å². The number of halogens is 1. The fraction of sp³-hybridized carbons (Fsp3) is 0.750. The quantitative estimate of drug-likeness (QED) is 0.312. The molecule has 0 N–H and O–H groups in total. The summed E-state index contributed by atoms with van der Waals surface area (Å²) in [6.45, 7) is 2.34. The van der Waals surface area contributed by atoms with Crippen molar-refractivity contribution in [3.05, 3.63) is 34.9 Å². The Morgan fingerprint density at radius 3 is 2.19 bits per heavy atom. The predicted octanol–water partition coefficient (Wildman–Crippen LogP) is 7.91. The second kappa shape index (κ2) is 10.9. The van der Waals surface area contributed by atoms with Gasteiger partial charge in [-0.3, -0.25) is 0 Å². The summed E-state index contributed by atoms with van der Waals surface area (Å²) >= 11 is 5.99. The Kier molecular flexibility index (Phi) is 8.58. The van der Waals surface area contributed by atoms with Crippen molar-refractivity contribution in [3.63, 3.8) is 0 Å². The van der Waals surface area contributed by atoms with Crippen molar-refractivity contribution in [1.82, 2.24) is 0 Å². The molecular formula is C24H39ClSi. The maximum atomic E-state index is 5.99. The molecule has 1 aromatic rings. The van der Waals surface area contributed by atoms with E-state index in [1.54, 1.807) is 31.0 Å². The van der Waals surface area contributed by atoms with E-state index < -0.39 is 0 Å². The molecular weight excluding hydrogens is 352 g/mol. The average molecular weight is 391 g/mol. The number of rotatable bonds is 8. The summed E-state index contributed by atoms with van der Waals surface area (Å²) in [5, 5.41) is 0.859. The normalized spacial score (nSPS) is 29.6. The second-order valence-electron chi connectivity index (χ2n) is 9.22. The van der Waals surface area contributed by atoms with Crippen molar-refractivity contribution >= 4 is 20.4 Å². The first-order valence-corrected chi connectivity index (χ1v) is 14.3. The number of aryl methyl sites for hydroxylation is 1. The Morgan fingerprint density at radius 1 is 0.885 bits per heavy atom. The van der Waals surface area contributed by atoms with Gasteiger partial charge in [0.2, 0.25) is 0 Å². The van der Waals surface area contributed by atoms with Crippen LogP contribution in [0.5, 0.6) is 0 Å². The molecule has 1 saturated carbocycles. The Morgan fingerprint density at radius 2 is 1.54 bits per heavy atom. The molecule has 1 heterocycles. The molecule has 3 rings (SSSR count). The first-order chi connectivity index (χ1) is 12.7. The van der Waals surface area contributed by atoms with Gasteiger partial charge >= 0.3 is 0 Å². The molecule has 1 aromatic carbocycles. The Hall–Kier alpha value is -0.273. The third-order valence-corrected chi connectivity index (χ3v) is 11.2. The lowest BCUT2D eigenvalue weighted by Crippen LogP contribution is -2.28. The third-order valence-electron chi connectivity index (χ3n) is 7.42. The van der Waals surface area contributed by atoms with Crippen molar-refractivity contribution < 1.29 is 0 Å². The molecule has 2 heteroatoms. The Bertz CT molecular complexity index is 495. The SMILES string of the molecule is CCCCC[Si@H]1CC[C@H]([C@H]2CC[C@H](CCc3ccc(Cl)cc3)CC2)CC1. The van der Waals surface area contributed by atoms with Gasteiger partial charge < -0.3 is 0 Å². The standard InChI is InChI=1S/C24H39ClSi/c1-2-3-4-17-26-18-15-23(16-19-26)22-11-7-20(8-12-22)5-6-21-9-13-24(25)14-10-21/h9-10,13-14,20,22-23,26H,2-8,11-12,15-19H2,1H3/t20-,22-,23-,26-. The molecule has 1 aliphatic carbocycles. The van der Waals surface area contributed by atoms with Crippen molar-refractivity contribution in [1.29, 1.82) is 0 Å². The lowest BCUT2D eigenvalue weighted by molar-refractivity contribution is 0.186. The van der Waals surface area contributed by atoms with Crippen LogP contribution < -0.4 is 0 Å². The first kappa shape index (κ1) is 20.5. The lowest BCUT2D eigenvalue weighted by atomic mass is 9.73. The molecule has 0 nitrogen and oxygen atoms in total. The predicted molar refractivity (Wildman–Crippen MR) is 119 cm³/mol. The smallest absolute Gasteiger partial charge is 0.0406 e. The van der Waals surface area contributed by atoms with Gasteiger partial charge in [0, 0.05) is 13.8 Å². The van der Waals surface area contributed by atoms with Crippen LogP contribution in [0, 0.1) is 17.8 Å². The highest BCUT2D eigenvalue weighted by Crippen LogP contribution is 2.41. The van der Waals surface area contributed by atoms with E-state index in [1.807, 2.05) is 12.1 Å². The maximum absolute atomic E-state index is 5.99. The molecule has 0 spiro atoms. The first-order valence-electron chi connectivity index (χ1n) is 11.5. The summed E-state index contributed by atoms with van der Waals surface area (Å²) < 4.78 is 0. The van der Waals surface area contributed by atoms with E-state index in [1.165, 1.54) is 63.4 Å². The summed E-state index contributed by atoms with van der Waals surface area (Å²) in [5.41, 5.74) is 1.46. The zero-order valence-electron chi connectivity index (χ0n) is 16.9. The second-order valence-corrected chi connectivity index (χ2v) is 13.1. The van der Waals surface area contributed by atoms with Crippen LogP contribution >= 0.6 is 11.6 Å². The van der Waals surface area contributed by atoms with Crippen molar-refractivity contribution in [3.8, 4) is 0 Å². The van der Waals surface area contributed by atoms with Crippen LogP contribution in [0.25, 0.3) is 0 Å². The molecule has 0 radical (unpaired) electrons. The minimum atomic E-state index is -0.322. The van der Waals surface area contributed by atoms with Gasteiger partial charge in [0.05, 0.1) is 0 Å². The van der Waals surface area contributed by atoms with Crippen LogP contribution in [0.15, 0.2) is 24.3 Å². The molecule has 26 heavy (non-hydrogen) atoms. The van der Waals surface area contributed by atoms with Gasteiger partial charge in [-0.25, -0.2) is 0 Å². The zero-order valence-corrected chi connectivity index (χ0v) is 18.8. The van der Waals surface area contributed by atoms with Gasteiger partial charge in [0.25, 0.3) is 0 Å². The lowest BCUT2D eigenvalue weighted by Gasteiger charge is -2.37. The summed E-state index contributed by atoms with van der Waals surface area (Å²) in [7, 11) is -0.322. The molecule has 0 aromatic heterocycles. The average Bonchev–Trinajstić information content (AvgIpc) is 2.69. The number of benzene rings is 1. The number of hydrogen-bond acceptors (Lipinski definition) is 0. The molecule has 146 valence electrons. The summed E-state index contributed by atoms with van der Waals surface area (Å²) in [5.74, 6) is 3.15. The van der Waals surface area contributed by atoms with Gasteiger partial charge in [-0.1, -0.05) is 93.7 Å². The van der Waals surface area contributed by atoms with Gasteiger partial charge in [-0.2, -0.15) is 0 Å². The highest BCUT2D eigenvalue weighted by molar-refractivity contribution is 6.58. The van der Waals surface area contributed by atoms with E-state index >= 15 is 0 Å². The minimum absolute atomic E-state index is 0.322. The van der Waals surface area contributed by atoms with Gasteiger partial charge in [0.1, 0.15) is 0 Å². The van der Waals surface area contributed by atoms with Crippen LogP contribution in [0.1, 0.15) is 76.7 Å². The van der Waals surface area contributed by atoms with E-state index in [2.05, 4.69) is 19.1 Å². The molecule has 2 aliphatic rings. The van der Waals surface area contributed by atoms with Gasteiger partial charge in [-0.05, 0) is 61.1 Å². The molecule has 1 saturated heterocycles. The van der Waals surface area contributed by atoms with E-state index in [4.69, 9.17) is 11.6 Å². The van der Waals surface area contributed by atoms with Crippen LogP contribution in [0.3, 0.4) is 0 Å². The largest absolute Gasteiger partial charge is 0.0843 e. The highest BCUT2D eigenvalue weighted by Gasteiger charge is 2.30. The minimum Gasteiger partial charge on any atom is -0.0843 e. The summed E-state index contributed by atoms with van der Waals surface area (Å²) in [6, 6.07) is 13.5. The molecule has 2 fully saturated rings. The highest BCUT2D eigenvalue weighted by atomic mass is 35.5. The van der Waals surface area contributed by atoms with Crippen LogP contribution in [0.2, 0.25) is 23.2 Å². The number of unbranched alkanes of at least 4 members (excludes halogenated alkanes) is 2. The van der Waals surface area contributed by atoms with E-state index in [-0.39, 0.29) is 8.80 Å². The fourth-order valence-electron chi connectivity index (χ4n) is 5.60. The van der Waals surface area contributed by atoms with Gasteiger partial charge in [0.15, 0.2) is 0 Å². The molecule has 1 aliphatic heterocycles. The Labute approximate surface area is 168 Å². The maximum Gasteiger partial charge on any atom is 0.0406 e. The summed E-state index contributed by atoms with van der Waals surface area (Å²) in [4.78, 5) is 0. The molecule has 0 bridgehead atoms. The summed E-state index contributed by atoms with van der Waals surface area (Å²) in [6.07, 6.45) is 16.3. The van der Waals surface area contributed by atoms with Crippen molar-refractivity contribution in [2.45, 2.75) is 95.7 Å². The third kappa shape index (κ3) is 6.41. The number of hydrogen-bond donors (Lipinski definition) is 0. The van der Waals surface area contributed by atoms with E-state index in [0.717, 1.165) is 22.8 Å². The van der Waals surface area contributed by atoms with E-state index in [0.29, 0.717) is 0 Å². The van der Waals surface area contributed by atoms with Crippen molar-refractivity contribution in [2.24, 2.45) is 17.8 Å². The molecule has 0 unspecified atom stereocenters. The van der Waals surface area contributed by atoms with Crippen LogP contribution in [-0.4, -0.2) is 8.80 Å².